The van der Waals surface area contributed by atoms with Gasteiger partial charge in [-0.2, -0.15) is 0 Å². The van der Waals surface area contributed by atoms with Crippen molar-refractivity contribution in [3.05, 3.63) is 24.5 Å². The Kier molecular flexibility index (Phi) is 2.99. The normalized spacial score (nSPS) is 21.5. The summed E-state index contributed by atoms with van der Waals surface area (Å²) >= 11 is 0. The van der Waals surface area contributed by atoms with Crippen LogP contribution in [0.25, 0.3) is 0 Å². The van der Waals surface area contributed by atoms with Gasteiger partial charge in [-0.15, -0.1) is 0 Å². The Morgan fingerprint density at radius 3 is 2.93 bits per heavy atom. The molecule has 0 bridgehead atoms. The topological polar surface area (TPSA) is 42.1 Å². The largest absolute Gasteiger partial charge is 0.371 e. The van der Waals surface area contributed by atoms with E-state index < -0.39 is 0 Å². The van der Waals surface area contributed by atoms with Gasteiger partial charge in [0, 0.05) is 31.2 Å². The van der Waals surface area contributed by atoms with Crippen LogP contribution in [0.3, 0.4) is 0 Å². The fraction of sp³-hybridized carbons (Fsp3) is 0.545. The van der Waals surface area contributed by atoms with Crippen LogP contribution in [0.5, 0.6) is 0 Å². The molecule has 2 rings (SSSR count). The Morgan fingerprint density at radius 2 is 2.21 bits per heavy atom. The third-order valence-electron chi connectivity index (χ3n) is 2.89. The maximum absolute atomic E-state index is 5.56. The second kappa shape index (κ2) is 4.42. The Morgan fingerprint density at radius 1 is 1.43 bits per heavy atom. The van der Waals surface area contributed by atoms with E-state index >= 15 is 0 Å². The molecule has 1 atom stereocenters. The van der Waals surface area contributed by atoms with Gasteiger partial charge in [-0.3, -0.25) is 4.98 Å². The van der Waals surface area contributed by atoms with Crippen LogP contribution >= 0.6 is 0 Å². The quantitative estimate of drug-likeness (QED) is 0.782. The van der Waals surface area contributed by atoms with Gasteiger partial charge in [0.05, 0.1) is 0 Å². The molecule has 1 unspecified atom stereocenters. The molecule has 0 spiro atoms. The van der Waals surface area contributed by atoms with Crippen molar-refractivity contribution < 1.29 is 0 Å². The molecule has 1 aliphatic heterocycles. The van der Waals surface area contributed by atoms with Crippen molar-refractivity contribution in [3.8, 4) is 0 Å². The zero-order chi connectivity index (χ0) is 9.80. The minimum atomic E-state index is 0.785. The van der Waals surface area contributed by atoms with Crippen molar-refractivity contribution in [2.75, 3.05) is 24.5 Å². The molecule has 0 aromatic carbocycles. The lowest BCUT2D eigenvalue weighted by Gasteiger charge is -2.18. The molecular formula is C11H17N3. The summed E-state index contributed by atoms with van der Waals surface area (Å²) < 4.78 is 0. The fourth-order valence-corrected chi connectivity index (χ4v) is 2.09. The lowest BCUT2D eigenvalue weighted by molar-refractivity contribution is 0.546. The highest BCUT2D eigenvalue weighted by Gasteiger charge is 2.21. The van der Waals surface area contributed by atoms with E-state index in [9.17, 15) is 0 Å². The predicted octanol–water partition coefficient (Wildman–Crippen LogP) is 1.26. The van der Waals surface area contributed by atoms with E-state index in [4.69, 9.17) is 5.73 Å². The molecule has 2 heterocycles. The molecule has 3 heteroatoms. The molecule has 2 N–H and O–H groups in total. The summed E-state index contributed by atoms with van der Waals surface area (Å²) in [6, 6.07) is 4.15. The van der Waals surface area contributed by atoms with Crippen molar-refractivity contribution in [3.63, 3.8) is 0 Å². The molecule has 14 heavy (non-hydrogen) atoms. The number of aromatic nitrogens is 1. The first-order valence-corrected chi connectivity index (χ1v) is 5.25. The van der Waals surface area contributed by atoms with E-state index in [-0.39, 0.29) is 0 Å². The van der Waals surface area contributed by atoms with Gasteiger partial charge < -0.3 is 10.6 Å². The average Bonchev–Trinajstić information content (AvgIpc) is 2.68. The molecule has 3 nitrogen and oxygen atoms in total. The Labute approximate surface area is 84.9 Å². The summed E-state index contributed by atoms with van der Waals surface area (Å²) in [5, 5.41) is 0. The molecule has 0 aliphatic carbocycles. The maximum atomic E-state index is 5.56. The average molecular weight is 191 g/mol. The molecule has 1 aromatic rings. The van der Waals surface area contributed by atoms with Crippen LogP contribution in [0.2, 0.25) is 0 Å². The van der Waals surface area contributed by atoms with Crippen LogP contribution < -0.4 is 10.6 Å². The molecule has 1 aromatic heterocycles. The Hall–Kier alpha value is -1.09. The van der Waals surface area contributed by atoms with Gasteiger partial charge in [0.1, 0.15) is 0 Å². The van der Waals surface area contributed by atoms with Crippen molar-refractivity contribution >= 4 is 5.69 Å². The van der Waals surface area contributed by atoms with Gasteiger partial charge in [-0.1, -0.05) is 0 Å². The van der Waals surface area contributed by atoms with Gasteiger partial charge in [0.25, 0.3) is 0 Å². The molecular weight excluding hydrogens is 174 g/mol. The van der Waals surface area contributed by atoms with Gasteiger partial charge in [-0.05, 0) is 37.4 Å². The number of hydrogen-bond acceptors (Lipinski definition) is 3. The third kappa shape index (κ3) is 2.04. The summed E-state index contributed by atoms with van der Waals surface area (Å²) in [5.74, 6) is 0.785. The van der Waals surface area contributed by atoms with E-state index in [1.54, 1.807) is 0 Å². The highest BCUT2D eigenvalue weighted by Crippen LogP contribution is 2.24. The smallest absolute Gasteiger partial charge is 0.0397 e. The molecule has 1 aliphatic rings. The predicted molar refractivity (Wildman–Crippen MR) is 58.2 cm³/mol. The first kappa shape index (κ1) is 9.46. The first-order valence-electron chi connectivity index (χ1n) is 5.25. The SMILES string of the molecule is NCCC1CCN(c2ccncc2)C1. The lowest BCUT2D eigenvalue weighted by atomic mass is 10.1. The summed E-state index contributed by atoms with van der Waals surface area (Å²) in [6.45, 7) is 3.13. The number of nitrogens with zero attached hydrogens (tertiary/aromatic N) is 2. The van der Waals surface area contributed by atoms with Gasteiger partial charge in [0.15, 0.2) is 0 Å². The van der Waals surface area contributed by atoms with E-state index in [0.29, 0.717) is 0 Å². The highest BCUT2D eigenvalue weighted by atomic mass is 15.1. The monoisotopic (exact) mass is 191 g/mol. The Bertz CT molecular complexity index is 273. The van der Waals surface area contributed by atoms with Crippen LogP contribution in [0.4, 0.5) is 5.69 Å². The number of hydrogen-bond donors (Lipinski definition) is 1. The zero-order valence-corrected chi connectivity index (χ0v) is 8.39. The molecule has 1 fully saturated rings. The van der Waals surface area contributed by atoms with E-state index in [1.807, 2.05) is 12.4 Å². The number of pyridine rings is 1. The standard InChI is InChI=1S/C11H17N3/c12-5-1-10-4-8-14(9-10)11-2-6-13-7-3-11/h2-3,6-7,10H,1,4-5,8-9,12H2. The van der Waals surface area contributed by atoms with E-state index in [2.05, 4.69) is 22.0 Å². The van der Waals surface area contributed by atoms with Gasteiger partial charge in [-0.25, -0.2) is 0 Å². The molecule has 0 radical (unpaired) electrons. The first-order chi connectivity index (χ1) is 6.90. The lowest BCUT2D eigenvalue weighted by Crippen LogP contribution is -2.20. The maximum Gasteiger partial charge on any atom is 0.0397 e. The van der Waals surface area contributed by atoms with Crippen LogP contribution in [-0.2, 0) is 0 Å². The van der Waals surface area contributed by atoms with Crippen LogP contribution in [0.1, 0.15) is 12.8 Å². The van der Waals surface area contributed by atoms with Gasteiger partial charge >= 0.3 is 0 Å². The van der Waals surface area contributed by atoms with Crippen molar-refractivity contribution in [2.45, 2.75) is 12.8 Å². The number of anilines is 1. The number of nitrogens with two attached hydrogens (primary N) is 1. The second-order valence-corrected chi connectivity index (χ2v) is 3.88. The Balaban J connectivity index is 1.96. The molecule has 0 amide bonds. The van der Waals surface area contributed by atoms with Crippen molar-refractivity contribution in [1.82, 2.24) is 4.98 Å². The second-order valence-electron chi connectivity index (χ2n) is 3.88. The molecule has 0 saturated carbocycles. The highest BCUT2D eigenvalue weighted by molar-refractivity contribution is 5.45. The van der Waals surface area contributed by atoms with Gasteiger partial charge in [0.2, 0.25) is 0 Å². The number of rotatable bonds is 3. The minimum Gasteiger partial charge on any atom is -0.371 e. The van der Waals surface area contributed by atoms with Crippen LogP contribution in [0.15, 0.2) is 24.5 Å². The van der Waals surface area contributed by atoms with Crippen LogP contribution in [0, 0.1) is 5.92 Å². The summed E-state index contributed by atoms with van der Waals surface area (Å²) in [6.07, 6.45) is 6.14. The molecule has 76 valence electrons. The zero-order valence-electron chi connectivity index (χ0n) is 8.39. The van der Waals surface area contributed by atoms with E-state index in [1.165, 1.54) is 12.1 Å². The van der Waals surface area contributed by atoms with Crippen LogP contribution in [-0.4, -0.2) is 24.6 Å². The fourth-order valence-electron chi connectivity index (χ4n) is 2.09. The van der Waals surface area contributed by atoms with E-state index in [0.717, 1.165) is 32.0 Å². The summed E-state index contributed by atoms with van der Waals surface area (Å²) in [7, 11) is 0. The molecule has 1 saturated heterocycles. The minimum absolute atomic E-state index is 0.785. The van der Waals surface area contributed by atoms with Crippen molar-refractivity contribution in [2.24, 2.45) is 11.7 Å². The summed E-state index contributed by atoms with van der Waals surface area (Å²) in [4.78, 5) is 6.44. The summed E-state index contributed by atoms with van der Waals surface area (Å²) in [5.41, 5.74) is 6.86. The van der Waals surface area contributed by atoms with Crippen molar-refractivity contribution in [1.29, 1.82) is 0 Å². The third-order valence-corrected chi connectivity index (χ3v) is 2.89.